The average molecular weight is 446 g/mol. The van der Waals surface area contributed by atoms with Crippen LogP contribution < -0.4 is 5.32 Å². The Hall–Kier alpha value is -2.79. The summed E-state index contributed by atoms with van der Waals surface area (Å²) in [5, 5.41) is 23.7. The summed E-state index contributed by atoms with van der Waals surface area (Å²) in [6.07, 6.45) is -0.0291. The molecule has 2 aliphatic carbocycles. The zero-order chi connectivity index (χ0) is 23.0. The fourth-order valence-corrected chi connectivity index (χ4v) is 4.54. The number of fused-ring (bicyclic) bond motifs is 1. The molecule has 0 aromatic carbocycles. The van der Waals surface area contributed by atoms with E-state index in [0.29, 0.717) is 12.3 Å². The SMILES string of the molecule is CCn1nccc1C1CCN(C(=O)N[C@@H]2C[C@]3(C(=O)O)C[C@H]23)CC1.O=C(O)C(F)(F)F. The molecule has 2 heterocycles. The Bertz CT molecular complexity index is 850. The Morgan fingerprint density at radius 2 is 1.84 bits per heavy atom. The highest BCUT2D eigenvalue weighted by Crippen LogP contribution is 2.67. The Balaban J connectivity index is 0.000000339. The minimum Gasteiger partial charge on any atom is -0.481 e. The van der Waals surface area contributed by atoms with Gasteiger partial charge >= 0.3 is 24.1 Å². The highest BCUT2D eigenvalue weighted by atomic mass is 19.4. The summed E-state index contributed by atoms with van der Waals surface area (Å²) in [5.41, 5.74) is 0.754. The summed E-state index contributed by atoms with van der Waals surface area (Å²) in [4.78, 5) is 34.3. The molecule has 172 valence electrons. The van der Waals surface area contributed by atoms with E-state index in [1.54, 1.807) is 0 Å². The number of rotatable bonds is 4. The maximum Gasteiger partial charge on any atom is 0.490 e. The van der Waals surface area contributed by atoms with Gasteiger partial charge < -0.3 is 20.4 Å². The van der Waals surface area contributed by atoms with E-state index < -0.39 is 23.5 Å². The predicted molar refractivity (Wildman–Crippen MR) is 100 cm³/mol. The number of carboxylic acids is 2. The largest absolute Gasteiger partial charge is 0.490 e. The van der Waals surface area contributed by atoms with Crippen LogP contribution in [-0.4, -0.2) is 68.2 Å². The second kappa shape index (κ2) is 8.39. The molecule has 3 fully saturated rings. The molecule has 1 saturated heterocycles. The van der Waals surface area contributed by atoms with Crippen molar-refractivity contribution >= 4 is 18.0 Å². The Morgan fingerprint density at radius 1 is 1.23 bits per heavy atom. The third kappa shape index (κ3) is 4.62. The molecule has 12 heteroatoms. The first-order chi connectivity index (χ1) is 14.5. The number of hydrogen-bond donors (Lipinski definition) is 3. The number of piperidine rings is 1. The molecule has 3 atom stereocenters. The van der Waals surface area contributed by atoms with Gasteiger partial charge in [0.15, 0.2) is 0 Å². The molecule has 3 N–H and O–H groups in total. The fourth-order valence-electron chi connectivity index (χ4n) is 4.54. The Kier molecular flexibility index (Phi) is 6.19. The number of carbonyl (C=O) groups excluding carboxylic acids is 1. The predicted octanol–water partition coefficient (Wildman–Crippen LogP) is 2.29. The van der Waals surface area contributed by atoms with Gasteiger partial charge in [0.2, 0.25) is 0 Å². The van der Waals surface area contributed by atoms with Gasteiger partial charge in [0.25, 0.3) is 0 Å². The van der Waals surface area contributed by atoms with Crippen LogP contribution in [0.25, 0.3) is 0 Å². The number of amides is 2. The van der Waals surface area contributed by atoms with Gasteiger partial charge in [-0.3, -0.25) is 9.48 Å². The van der Waals surface area contributed by atoms with E-state index in [-0.39, 0.29) is 18.0 Å². The number of alkyl halides is 3. The first-order valence-electron chi connectivity index (χ1n) is 10.1. The van der Waals surface area contributed by atoms with Crippen molar-refractivity contribution in [3.05, 3.63) is 18.0 Å². The molecule has 9 nitrogen and oxygen atoms in total. The molecule has 1 aromatic rings. The minimum atomic E-state index is -5.08. The number of carbonyl (C=O) groups is 3. The van der Waals surface area contributed by atoms with Crippen LogP contribution in [0.1, 0.15) is 44.2 Å². The molecule has 1 aliphatic heterocycles. The van der Waals surface area contributed by atoms with Crippen molar-refractivity contribution in [2.75, 3.05) is 13.1 Å². The smallest absolute Gasteiger partial charge is 0.481 e. The molecule has 4 rings (SSSR count). The summed E-state index contributed by atoms with van der Waals surface area (Å²) in [5.74, 6) is -2.85. The van der Waals surface area contributed by atoms with Crippen LogP contribution >= 0.6 is 0 Å². The normalized spacial score (nSPS) is 27.3. The van der Waals surface area contributed by atoms with E-state index in [1.165, 1.54) is 5.69 Å². The van der Waals surface area contributed by atoms with Crippen molar-refractivity contribution in [2.45, 2.75) is 57.3 Å². The van der Waals surface area contributed by atoms with E-state index in [9.17, 15) is 22.8 Å². The quantitative estimate of drug-likeness (QED) is 0.652. The van der Waals surface area contributed by atoms with Crippen LogP contribution in [0.5, 0.6) is 0 Å². The van der Waals surface area contributed by atoms with Gasteiger partial charge in [0, 0.05) is 43.5 Å². The van der Waals surface area contributed by atoms with Crippen molar-refractivity contribution in [1.82, 2.24) is 20.0 Å². The van der Waals surface area contributed by atoms with E-state index >= 15 is 0 Å². The molecule has 0 unspecified atom stereocenters. The molecule has 1 aromatic heterocycles. The van der Waals surface area contributed by atoms with Gasteiger partial charge in [-0.2, -0.15) is 18.3 Å². The van der Waals surface area contributed by atoms with Gasteiger partial charge in [-0.05, 0) is 44.6 Å². The van der Waals surface area contributed by atoms with Gasteiger partial charge in [0.1, 0.15) is 0 Å². The number of aryl methyl sites for hydroxylation is 1. The molecular weight excluding hydrogens is 421 g/mol. The number of nitrogens with one attached hydrogen (secondary N) is 1. The van der Waals surface area contributed by atoms with Crippen molar-refractivity contribution in [2.24, 2.45) is 11.3 Å². The average Bonchev–Trinajstić information content (AvgIpc) is 3.08. The number of hydrogen-bond acceptors (Lipinski definition) is 4. The lowest BCUT2D eigenvalue weighted by molar-refractivity contribution is -0.192. The third-order valence-corrected chi connectivity index (χ3v) is 6.43. The monoisotopic (exact) mass is 446 g/mol. The maximum absolute atomic E-state index is 12.4. The van der Waals surface area contributed by atoms with Gasteiger partial charge in [0.05, 0.1) is 5.41 Å². The number of urea groups is 1. The second-order valence-electron chi connectivity index (χ2n) is 8.17. The first-order valence-corrected chi connectivity index (χ1v) is 10.1. The second-order valence-corrected chi connectivity index (χ2v) is 8.17. The lowest BCUT2D eigenvalue weighted by Crippen LogP contribution is -2.53. The number of aromatic nitrogens is 2. The number of nitrogens with zero attached hydrogens (tertiary/aromatic N) is 3. The van der Waals surface area contributed by atoms with Crippen molar-refractivity contribution < 1.29 is 37.8 Å². The van der Waals surface area contributed by atoms with Crippen LogP contribution in [0.2, 0.25) is 0 Å². The standard InChI is InChI=1S/C17H24N4O3.C2HF3O2/c1-2-21-14(3-6-18-21)11-4-7-20(8-5-11)16(24)19-13-10-17(15(22)23)9-12(13)17;3-2(4,5)1(6)7/h3,6,11-13H,2,4-5,7-10H2,1H3,(H,19,24)(H,22,23);(H,6,7)/t12-,13-,17-;/m1./s1. The van der Waals surface area contributed by atoms with Crippen molar-refractivity contribution in [3.63, 3.8) is 0 Å². The summed E-state index contributed by atoms with van der Waals surface area (Å²) >= 11 is 0. The lowest BCUT2D eigenvalue weighted by atomic mass is 9.80. The molecule has 2 amide bonds. The molecule has 0 radical (unpaired) electrons. The zero-order valence-corrected chi connectivity index (χ0v) is 16.9. The zero-order valence-electron chi connectivity index (χ0n) is 16.9. The van der Waals surface area contributed by atoms with Crippen LogP contribution in [0.15, 0.2) is 12.3 Å². The molecule has 3 aliphatic rings. The first kappa shape index (κ1) is 22.9. The maximum atomic E-state index is 12.4. The molecule has 31 heavy (non-hydrogen) atoms. The van der Waals surface area contributed by atoms with Gasteiger partial charge in [-0.15, -0.1) is 0 Å². The summed E-state index contributed by atoms with van der Waals surface area (Å²) in [6, 6.07) is 2.10. The van der Waals surface area contributed by atoms with Crippen molar-refractivity contribution in [3.8, 4) is 0 Å². The molecule has 2 saturated carbocycles. The fraction of sp³-hybridized carbons (Fsp3) is 0.684. The Labute approximate surface area is 176 Å². The highest BCUT2D eigenvalue weighted by Gasteiger charge is 2.72. The van der Waals surface area contributed by atoms with E-state index in [1.807, 2.05) is 15.8 Å². The van der Waals surface area contributed by atoms with Crippen LogP contribution in [-0.2, 0) is 16.1 Å². The third-order valence-electron chi connectivity index (χ3n) is 6.43. The number of carboxylic acid groups (broad SMARTS) is 2. The highest BCUT2D eigenvalue weighted by molar-refractivity contribution is 5.82. The summed E-state index contributed by atoms with van der Waals surface area (Å²) in [7, 11) is 0. The van der Waals surface area contributed by atoms with Crippen molar-refractivity contribution in [1.29, 1.82) is 0 Å². The number of likely N-dealkylation sites (tertiary alicyclic amines) is 1. The molecular formula is C19H25F3N4O5. The number of aliphatic carboxylic acids is 2. The number of halogens is 3. The van der Waals surface area contributed by atoms with Crippen LogP contribution in [0.4, 0.5) is 18.0 Å². The molecule has 0 spiro atoms. The minimum absolute atomic E-state index is 0.0339. The summed E-state index contributed by atoms with van der Waals surface area (Å²) < 4.78 is 33.8. The van der Waals surface area contributed by atoms with Crippen LogP contribution in [0, 0.1) is 11.3 Å². The molecule has 0 bridgehead atoms. The van der Waals surface area contributed by atoms with E-state index in [0.717, 1.165) is 38.9 Å². The van der Waals surface area contributed by atoms with E-state index in [4.69, 9.17) is 15.0 Å². The lowest BCUT2D eigenvalue weighted by Gasteiger charge is -2.37. The summed E-state index contributed by atoms with van der Waals surface area (Å²) in [6.45, 7) is 4.45. The Morgan fingerprint density at radius 3 is 2.29 bits per heavy atom. The van der Waals surface area contributed by atoms with Gasteiger partial charge in [-0.1, -0.05) is 0 Å². The van der Waals surface area contributed by atoms with Gasteiger partial charge in [-0.25, -0.2) is 9.59 Å². The van der Waals surface area contributed by atoms with E-state index in [2.05, 4.69) is 23.4 Å². The van der Waals surface area contributed by atoms with Crippen LogP contribution in [0.3, 0.4) is 0 Å². The topological polar surface area (TPSA) is 125 Å².